The molecule has 1 unspecified atom stereocenters. The third-order valence-electron chi connectivity index (χ3n) is 4.42. The van der Waals surface area contributed by atoms with Gasteiger partial charge in [-0.25, -0.2) is 0 Å². The van der Waals surface area contributed by atoms with Crippen LogP contribution in [0.25, 0.3) is 0 Å². The summed E-state index contributed by atoms with van der Waals surface area (Å²) in [5.41, 5.74) is 0.363. The Morgan fingerprint density at radius 1 is 1.12 bits per heavy atom. The van der Waals surface area contributed by atoms with Gasteiger partial charge in [-0.05, 0) is 12.1 Å². The Balaban J connectivity index is 1.55. The molecule has 1 N–H and O–H groups in total. The molecule has 0 bridgehead atoms. The van der Waals surface area contributed by atoms with Crippen molar-refractivity contribution in [3.63, 3.8) is 0 Å². The lowest BCUT2D eigenvalue weighted by Crippen LogP contribution is -2.57. The number of nitro groups is 1. The van der Waals surface area contributed by atoms with Gasteiger partial charge in [-0.1, -0.05) is 0 Å². The summed E-state index contributed by atoms with van der Waals surface area (Å²) in [4.78, 5) is 38.5. The number of hydrogen-bond acceptors (Lipinski definition) is 6. The van der Waals surface area contributed by atoms with E-state index in [1.54, 1.807) is 9.80 Å². The molecule has 2 aliphatic heterocycles. The van der Waals surface area contributed by atoms with Crippen LogP contribution in [0.15, 0.2) is 24.3 Å². The Labute approximate surface area is 144 Å². The minimum absolute atomic E-state index is 0.00198. The van der Waals surface area contributed by atoms with E-state index in [1.165, 1.54) is 24.3 Å². The molecule has 9 heteroatoms. The number of ether oxygens (including phenoxy) is 1. The van der Waals surface area contributed by atoms with Crippen LogP contribution in [0.3, 0.4) is 0 Å². The van der Waals surface area contributed by atoms with Gasteiger partial charge in [0.2, 0.25) is 5.91 Å². The van der Waals surface area contributed by atoms with Crippen molar-refractivity contribution in [2.45, 2.75) is 6.04 Å². The minimum Gasteiger partial charge on any atom is -0.378 e. The highest BCUT2D eigenvalue weighted by atomic mass is 16.6. The van der Waals surface area contributed by atoms with Crippen LogP contribution >= 0.6 is 0 Å². The number of piperazine rings is 1. The number of nitrogens with zero attached hydrogens (tertiary/aromatic N) is 3. The monoisotopic (exact) mass is 348 g/mol. The van der Waals surface area contributed by atoms with Gasteiger partial charge in [-0.15, -0.1) is 0 Å². The Bertz CT molecular complexity index is 649. The molecular formula is C16H20N4O5. The number of nitro benzene ring substituents is 1. The zero-order valence-electron chi connectivity index (χ0n) is 13.7. The molecule has 0 saturated carbocycles. The first kappa shape index (κ1) is 17.3. The second kappa shape index (κ2) is 7.58. The molecule has 25 heavy (non-hydrogen) atoms. The predicted octanol–water partition coefficient (Wildman–Crippen LogP) is -0.132. The van der Waals surface area contributed by atoms with E-state index in [9.17, 15) is 19.7 Å². The van der Waals surface area contributed by atoms with Crippen LogP contribution in [0, 0.1) is 10.1 Å². The van der Waals surface area contributed by atoms with E-state index in [-0.39, 0.29) is 23.5 Å². The summed E-state index contributed by atoms with van der Waals surface area (Å²) >= 11 is 0. The summed E-state index contributed by atoms with van der Waals surface area (Å²) < 4.78 is 5.32. The van der Waals surface area contributed by atoms with Crippen LogP contribution < -0.4 is 5.32 Å². The van der Waals surface area contributed by atoms with Crippen molar-refractivity contribution in [3.05, 3.63) is 39.9 Å². The first-order chi connectivity index (χ1) is 12.1. The molecule has 0 aromatic heterocycles. The maximum atomic E-state index is 12.5. The highest BCUT2D eigenvalue weighted by Crippen LogP contribution is 2.15. The quantitative estimate of drug-likeness (QED) is 0.602. The van der Waals surface area contributed by atoms with E-state index in [2.05, 4.69) is 5.32 Å². The Morgan fingerprint density at radius 3 is 2.32 bits per heavy atom. The Hall–Kier alpha value is -2.52. The number of carbonyl (C=O) groups excluding carboxylic acids is 2. The lowest BCUT2D eigenvalue weighted by molar-refractivity contribution is -0.384. The Kier molecular flexibility index (Phi) is 5.25. The number of non-ortho nitro benzene ring substituents is 1. The topological polar surface area (TPSA) is 105 Å². The van der Waals surface area contributed by atoms with Crippen LogP contribution in [0.2, 0.25) is 0 Å². The zero-order chi connectivity index (χ0) is 17.8. The van der Waals surface area contributed by atoms with Crippen LogP contribution in [0.1, 0.15) is 10.4 Å². The van der Waals surface area contributed by atoms with Crippen molar-refractivity contribution in [1.29, 1.82) is 0 Å². The molecule has 2 fully saturated rings. The van der Waals surface area contributed by atoms with Crippen LogP contribution in [0.5, 0.6) is 0 Å². The molecule has 0 radical (unpaired) electrons. The average Bonchev–Trinajstić information content (AvgIpc) is 2.67. The van der Waals surface area contributed by atoms with Gasteiger partial charge < -0.3 is 19.9 Å². The number of nitrogens with one attached hydrogen (secondary N) is 1. The van der Waals surface area contributed by atoms with Crippen molar-refractivity contribution in [2.75, 3.05) is 45.9 Å². The van der Waals surface area contributed by atoms with Crippen molar-refractivity contribution in [3.8, 4) is 0 Å². The number of benzene rings is 1. The smallest absolute Gasteiger partial charge is 0.269 e. The number of carbonyl (C=O) groups is 2. The van der Waals surface area contributed by atoms with Crippen LogP contribution in [-0.2, 0) is 9.53 Å². The van der Waals surface area contributed by atoms with E-state index in [4.69, 9.17) is 4.74 Å². The molecule has 2 amide bonds. The molecule has 1 atom stereocenters. The molecule has 1 aromatic carbocycles. The molecule has 2 aliphatic rings. The largest absolute Gasteiger partial charge is 0.378 e. The zero-order valence-corrected chi connectivity index (χ0v) is 13.7. The van der Waals surface area contributed by atoms with Crippen molar-refractivity contribution in [2.24, 2.45) is 0 Å². The third kappa shape index (κ3) is 3.94. The van der Waals surface area contributed by atoms with Gasteiger partial charge in [0, 0.05) is 50.4 Å². The normalized spacial score (nSPS) is 21.0. The minimum atomic E-state index is -0.498. The maximum absolute atomic E-state index is 12.5. The average molecular weight is 348 g/mol. The van der Waals surface area contributed by atoms with Gasteiger partial charge in [0.15, 0.2) is 0 Å². The molecule has 0 spiro atoms. The highest BCUT2D eigenvalue weighted by Gasteiger charge is 2.30. The Morgan fingerprint density at radius 2 is 1.76 bits per heavy atom. The van der Waals surface area contributed by atoms with Crippen molar-refractivity contribution < 1.29 is 19.2 Å². The number of morpholine rings is 1. The number of hydrogen-bond donors (Lipinski definition) is 1. The first-order valence-electron chi connectivity index (χ1n) is 8.20. The molecule has 2 heterocycles. The van der Waals surface area contributed by atoms with E-state index in [1.807, 2.05) is 0 Å². The van der Waals surface area contributed by atoms with Gasteiger partial charge in [-0.2, -0.15) is 0 Å². The number of rotatable bonds is 3. The van der Waals surface area contributed by atoms with E-state index < -0.39 is 4.92 Å². The molecule has 1 aromatic rings. The van der Waals surface area contributed by atoms with Crippen molar-refractivity contribution in [1.82, 2.24) is 15.1 Å². The van der Waals surface area contributed by atoms with Gasteiger partial charge in [0.05, 0.1) is 18.1 Å². The lowest BCUT2D eigenvalue weighted by atomic mass is 10.1. The first-order valence-corrected chi connectivity index (χ1v) is 8.20. The van der Waals surface area contributed by atoms with E-state index in [0.717, 1.165) is 0 Å². The van der Waals surface area contributed by atoms with Crippen LogP contribution in [-0.4, -0.2) is 78.5 Å². The summed E-state index contributed by atoms with van der Waals surface area (Å²) in [6.07, 6.45) is 0. The second-order valence-electron chi connectivity index (χ2n) is 6.00. The predicted molar refractivity (Wildman–Crippen MR) is 88.2 cm³/mol. The van der Waals surface area contributed by atoms with Gasteiger partial charge in [0.25, 0.3) is 11.6 Å². The fourth-order valence-corrected chi connectivity index (χ4v) is 2.98. The standard InChI is InChI=1S/C16H20N4O5/c21-15(12-1-3-13(4-2-12)20(23)24)18-6-8-19(9-7-18)16(22)14-11-25-10-5-17-14/h1-4,14,17H,5-11H2. The maximum Gasteiger partial charge on any atom is 0.269 e. The highest BCUT2D eigenvalue weighted by molar-refractivity contribution is 5.94. The summed E-state index contributed by atoms with van der Waals surface area (Å²) in [5, 5.41) is 13.8. The molecule has 0 aliphatic carbocycles. The van der Waals surface area contributed by atoms with E-state index in [0.29, 0.717) is 51.5 Å². The molecule has 134 valence electrons. The van der Waals surface area contributed by atoms with E-state index >= 15 is 0 Å². The van der Waals surface area contributed by atoms with Crippen molar-refractivity contribution >= 4 is 17.5 Å². The van der Waals surface area contributed by atoms with Gasteiger partial charge in [0.1, 0.15) is 6.04 Å². The molecule has 3 rings (SSSR count). The van der Waals surface area contributed by atoms with Gasteiger partial charge in [-0.3, -0.25) is 19.7 Å². The van der Waals surface area contributed by atoms with Gasteiger partial charge >= 0.3 is 0 Å². The summed E-state index contributed by atoms with van der Waals surface area (Å²) in [7, 11) is 0. The fraction of sp³-hybridized carbons (Fsp3) is 0.500. The lowest BCUT2D eigenvalue weighted by Gasteiger charge is -2.37. The fourth-order valence-electron chi connectivity index (χ4n) is 2.98. The molecular weight excluding hydrogens is 328 g/mol. The summed E-state index contributed by atoms with van der Waals surface area (Å²) in [5.74, 6) is -0.178. The second-order valence-corrected chi connectivity index (χ2v) is 6.00. The molecule has 2 saturated heterocycles. The molecule has 9 nitrogen and oxygen atoms in total. The van der Waals surface area contributed by atoms with Crippen LogP contribution in [0.4, 0.5) is 5.69 Å². The summed E-state index contributed by atoms with van der Waals surface area (Å²) in [6, 6.07) is 5.25. The number of amides is 2. The SMILES string of the molecule is O=C(c1ccc([N+](=O)[O-])cc1)N1CCN(C(=O)C2COCCN2)CC1. The summed E-state index contributed by atoms with van der Waals surface area (Å²) in [6.45, 7) is 3.47. The third-order valence-corrected chi connectivity index (χ3v) is 4.42.